The largest absolute Gasteiger partial charge is 0.393 e. The molecule has 2 rings (SSSR count). The highest BCUT2D eigenvalue weighted by atomic mass is 16.3. The van der Waals surface area contributed by atoms with Crippen LogP contribution >= 0.6 is 0 Å². The van der Waals surface area contributed by atoms with Crippen LogP contribution < -0.4 is 5.32 Å². The third-order valence-corrected chi connectivity index (χ3v) is 3.42. The molecule has 0 aromatic rings. The van der Waals surface area contributed by atoms with Crippen molar-refractivity contribution < 1.29 is 9.90 Å². The normalized spacial score (nSPS) is 31.7. The Balaban J connectivity index is 1.74. The first-order valence-electron chi connectivity index (χ1n) is 5.99. The molecule has 4 heteroatoms. The maximum Gasteiger partial charge on any atom is 0.317 e. The molecule has 0 spiro atoms. The number of nitrogens with zero attached hydrogens (tertiary/aromatic N) is 1. The highest BCUT2D eigenvalue weighted by Crippen LogP contribution is 2.19. The fourth-order valence-electron chi connectivity index (χ4n) is 2.41. The van der Waals surface area contributed by atoms with Crippen molar-refractivity contribution in [1.29, 1.82) is 0 Å². The van der Waals surface area contributed by atoms with E-state index in [0.29, 0.717) is 0 Å². The van der Waals surface area contributed by atoms with Gasteiger partial charge in [-0.2, -0.15) is 0 Å². The van der Waals surface area contributed by atoms with E-state index < -0.39 is 0 Å². The summed E-state index contributed by atoms with van der Waals surface area (Å²) in [5.41, 5.74) is 0. The van der Waals surface area contributed by atoms with Gasteiger partial charge in [0.1, 0.15) is 0 Å². The molecule has 86 valence electrons. The molecule has 1 saturated heterocycles. The Labute approximate surface area is 90.6 Å². The zero-order chi connectivity index (χ0) is 10.7. The number of rotatable bonds is 1. The zero-order valence-electron chi connectivity index (χ0n) is 9.11. The van der Waals surface area contributed by atoms with E-state index in [1.807, 2.05) is 4.90 Å². The number of carbonyl (C=O) groups excluding carboxylic acids is 1. The van der Waals surface area contributed by atoms with E-state index in [1.54, 1.807) is 0 Å². The Bertz CT molecular complexity index is 219. The molecule has 0 unspecified atom stereocenters. The van der Waals surface area contributed by atoms with Gasteiger partial charge in [-0.3, -0.25) is 0 Å². The molecule has 2 aliphatic rings. The molecule has 0 aromatic heterocycles. The molecule has 1 saturated carbocycles. The van der Waals surface area contributed by atoms with Crippen LogP contribution in [0.5, 0.6) is 0 Å². The van der Waals surface area contributed by atoms with Crippen molar-refractivity contribution in [3.63, 3.8) is 0 Å². The Morgan fingerprint density at radius 2 is 1.73 bits per heavy atom. The van der Waals surface area contributed by atoms with Gasteiger partial charge in [-0.15, -0.1) is 0 Å². The smallest absolute Gasteiger partial charge is 0.317 e. The molecule has 0 atom stereocenters. The fourth-order valence-corrected chi connectivity index (χ4v) is 2.41. The summed E-state index contributed by atoms with van der Waals surface area (Å²) >= 11 is 0. The van der Waals surface area contributed by atoms with Crippen molar-refractivity contribution in [3.8, 4) is 0 Å². The van der Waals surface area contributed by atoms with Crippen LogP contribution in [0.3, 0.4) is 0 Å². The van der Waals surface area contributed by atoms with E-state index >= 15 is 0 Å². The molecule has 1 aliphatic heterocycles. The second-order valence-electron chi connectivity index (χ2n) is 4.65. The van der Waals surface area contributed by atoms with E-state index in [2.05, 4.69) is 5.32 Å². The van der Waals surface area contributed by atoms with Crippen molar-refractivity contribution in [3.05, 3.63) is 0 Å². The van der Waals surface area contributed by atoms with Crippen LogP contribution in [0.25, 0.3) is 0 Å². The molecule has 4 nitrogen and oxygen atoms in total. The van der Waals surface area contributed by atoms with Crippen molar-refractivity contribution in [2.24, 2.45) is 0 Å². The maximum atomic E-state index is 11.7. The molecule has 2 amide bonds. The highest BCUT2D eigenvalue weighted by molar-refractivity contribution is 5.74. The highest BCUT2D eigenvalue weighted by Gasteiger charge is 2.24. The van der Waals surface area contributed by atoms with E-state index in [-0.39, 0.29) is 18.2 Å². The zero-order valence-corrected chi connectivity index (χ0v) is 9.11. The first kappa shape index (κ1) is 10.7. The Kier molecular flexibility index (Phi) is 3.46. The van der Waals surface area contributed by atoms with Gasteiger partial charge in [0.25, 0.3) is 0 Å². The lowest BCUT2D eigenvalue weighted by atomic mass is 9.93. The van der Waals surface area contributed by atoms with E-state index in [9.17, 15) is 9.90 Å². The minimum atomic E-state index is -0.148. The van der Waals surface area contributed by atoms with Gasteiger partial charge < -0.3 is 15.3 Å². The molecule has 1 aliphatic carbocycles. The third-order valence-electron chi connectivity index (χ3n) is 3.42. The van der Waals surface area contributed by atoms with Crippen LogP contribution in [-0.2, 0) is 0 Å². The first-order valence-corrected chi connectivity index (χ1v) is 5.99. The molecule has 2 N–H and O–H groups in total. The van der Waals surface area contributed by atoms with Gasteiger partial charge in [0.05, 0.1) is 6.10 Å². The topological polar surface area (TPSA) is 52.6 Å². The van der Waals surface area contributed by atoms with Crippen LogP contribution in [0.4, 0.5) is 4.79 Å². The molecule has 15 heavy (non-hydrogen) atoms. The van der Waals surface area contributed by atoms with Gasteiger partial charge in [-0.05, 0) is 38.5 Å². The summed E-state index contributed by atoms with van der Waals surface area (Å²) in [6.45, 7) is 1.81. The average Bonchev–Trinajstić information content (AvgIpc) is 2.74. The van der Waals surface area contributed by atoms with Gasteiger partial charge in [-0.25, -0.2) is 4.79 Å². The van der Waals surface area contributed by atoms with Crippen molar-refractivity contribution in [1.82, 2.24) is 10.2 Å². The lowest BCUT2D eigenvalue weighted by Crippen LogP contribution is -2.45. The number of amides is 2. The van der Waals surface area contributed by atoms with Crippen molar-refractivity contribution >= 4 is 6.03 Å². The molecule has 2 fully saturated rings. The Morgan fingerprint density at radius 3 is 2.33 bits per heavy atom. The molecule has 0 bridgehead atoms. The second kappa shape index (κ2) is 4.84. The standard InChI is InChI=1S/C11H20N2O2/c14-10-5-3-9(4-6-10)12-11(15)13-7-1-2-8-13/h9-10,14H,1-8H2,(H,12,15). The average molecular weight is 212 g/mol. The van der Waals surface area contributed by atoms with Gasteiger partial charge in [-0.1, -0.05) is 0 Å². The first-order chi connectivity index (χ1) is 7.25. The summed E-state index contributed by atoms with van der Waals surface area (Å²) in [4.78, 5) is 13.6. The minimum absolute atomic E-state index is 0.0916. The van der Waals surface area contributed by atoms with Crippen LogP contribution in [-0.4, -0.2) is 41.3 Å². The van der Waals surface area contributed by atoms with Gasteiger partial charge in [0, 0.05) is 19.1 Å². The molecular weight excluding hydrogens is 192 g/mol. The minimum Gasteiger partial charge on any atom is -0.393 e. The number of aliphatic hydroxyl groups excluding tert-OH is 1. The number of aliphatic hydroxyl groups is 1. The monoisotopic (exact) mass is 212 g/mol. The lowest BCUT2D eigenvalue weighted by molar-refractivity contribution is 0.116. The number of nitrogens with one attached hydrogen (secondary N) is 1. The van der Waals surface area contributed by atoms with E-state index in [4.69, 9.17) is 0 Å². The quantitative estimate of drug-likeness (QED) is 0.683. The lowest BCUT2D eigenvalue weighted by Gasteiger charge is -2.28. The van der Waals surface area contributed by atoms with Gasteiger partial charge >= 0.3 is 6.03 Å². The molecule has 0 aromatic carbocycles. The van der Waals surface area contributed by atoms with Crippen LogP contribution in [0.15, 0.2) is 0 Å². The number of urea groups is 1. The van der Waals surface area contributed by atoms with E-state index in [1.165, 1.54) is 0 Å². The number of carbonyl (C=O) groups is 1. The Morgan fingerprint density at radius 1 is 1.13 bits per heavy atom. The Hall–Kier alpha value is -0.770. The van der Waals surface area contributed by atoms with Crippen LogP contribution in [0, 0.1) is 0 Å². The summed E-state index contributed by atoms with van der Waals surface area (Å²) in [5, 5.41) is 12.4. The number of hydrogen-bond donors (Lipinski definition) is 2. The third kappa shape index (κ3) is 2.84. The SMILES string of the molecule is O=C(NC1CCC(O)CC1)N1CCCC1. The summed E-state index contributed by atoms with van der Waals surface area (Å²) in [6.07, 6.45) is 5.61. The summed E-state index contributed by atoms with van der Waals surface area (Å²) < 4.78 is 0. The van der Waals surface area contributed by atoms with Crippen molar-refractivity contribution in [2.45, 2.75) is 50.7 Å². The van der Waals surface area contributed by atoms with Crippen LogP contribution in [0.1, 0.15) is 38.5 Å². The van der Waals surface area contributed by atoms with Crippen molar-refractivity contribution in [2.75, 3.05) is 13.1 Å². The molecular formula is C11H20N2O2. The predicted molar refractivity (Wildman–Crippen MR) is 57.6 cm³/mol. The van der Waals surface area contributed by atoms with Gasteiger partial charge in [0.15, 0.2) is 0 Å². The number of likely N-dealkylation sites (tertiary alicyclic amines) is 1. The fraction of sp³-hybridized carbons (Fsp3) is 0.909. The number of hydrogen-bond acceptors (Lipinski definition) is 2. The summed E-state index contributed by atoms with van der Waals surface area (Å²) in [5.74, 6) is 0. The summed E-state index contributed by atoms with van der Waals surface area (Å²) in [7, 11) is 0. The maximum absolute atomic E-state index is 11.7. The van der Waals surface area contributed by atoms with Gasteiger partial charge in [0.2, 0.25) is 0 Å². The molecule has 0 radical (unpaired) electrons. The van der Waals surface area contributed by atoms with E-state index in [0.717, 1.165) is 51.6 Å². The molecule has 1 heterocycles. The second-order valence-corrected chi connectivity index (χ2v) is 4.65. The predicted octanol–water partition coefficient (Wildman–Crippen LogP) is 1.10. The van der Waals surface area contributed by atoms with Crippen LogP contribution in [0.2, 0.25) is 0 Å². The summed E-state index contributed by atoms with van der Waals surface area (Å²) in [6, 6.07) is 0.371.